The molecule has 1 aliphatic rings. The summed E-state index contributed by atoms with van der Waals surface area (Å²) in [5.74, 6) is 1.37. The highest BCUT2D eigenvalue weighted by molar-refractivity contribution is 5.87. The predicted molar refractivity (Wildman–Crippen MR) is 107 cm³/mol. The van der Waals surface area contributed by atoms with Gasteiger partial charge >= 0.3 is 0 Å². The van der Waals surface area contributed by atoms with Gasteiger partial charge in [-0.05, 0) is 30.3 Å². The van der Waals surface area contributed by atoms with Gasteiger partial charge in [-0.15, -0.1) is 0 Å². The molecular weight excluding hydrogens is 374 g/mol. The molecule has 0 saturated carbocycles. The van der Waals surface area contributed by atoms with Crippen molar-refractivity contribution >= 4 is 11.0 Å². The van der Waals surface area contributed by atoms with Crippen LogP contribution in [0.2, 0.25) is 0 Å². The number of hydrogen-bond donors (Lipinski definition) is 3. The van der Waals surface area contributed by atoms with E-state index < -0.39 is 6.10 Å². The molecule has 29 heavy (non-hydrogen) atoms. The highest BCUT2D eigenvalue weighted by Gasteiger charge is 2.26. The van der Waals surface area contributed by atoms with Crippen molar-refractivity contribution in [2.24, 2.45) is 0 Å². The van der Waals surface area contributed by atoms with Gasteiger partial charge in [-0.25, -0.2) is 0 Å². The number of phenols is 1. The third kappa shape index (κ3) is 3.76. The molecule has 2 heterocycles. The van der Waals surface area contributed by atoms with Gasteiger partial charge in [0.2, 0.25) is 0 Å². The summed E-state index contributed by atoms with van der Waals surface area (Å²) in [4.78, 5) is 1.32. The first-order valence-electron chi connectivity index (χ1n) is 9.65. The van der Waals surface area contributed by atoms with Gasteiger partial charge in [-0.2, -0.15) is 0 Å². The second-order valence-corrected chi connectivity index (χ2v) is 7.18. The number of rotatable bonds is 6. The van der Waals surface area contributed by atoms with Crippen molar-refractivity contribution in [2.45, 2.75) is 12.6 Å². The molecule has 1 saturated heterocycles. The van der Waals surface area contributed by atoms with Crippen LogP contribution in [0.1, 0.15) is 22.8 Å². The van der Waals surface area contributed by atoms with Gasteiger partial charge in [0, 0.05) is 16.5 Å². The first kappa shape index (κ1) is 19.6. The zero-order valence-corrected chi connectivity index (χ0v) is 16.6. The van der Waals surface area contributed by atoms with Gasteiger partial charge in [0.15, 0.2) is 0 Å². The summed E-state index contributed by atoms with van der Waals surface area (Å²) in [7, 11) is 3.14. The fourth-order valence-electron chi connectivity index (χ4n) is 3.90. The molecule has 3 N–H and O–H groups in total. The van der Waals surface area contributed by atoms with Gasteiger partial charge in [-0.1, -0.05) is 0 Å². The normalized spacial score (nSPS) is 16.1. The minimum absolute atomic E-state index is 0.198. The second-order valence-electron chi connectivity index (χ2n) is 7.18. The number of methoxy groups -OCH3 is 2. The molecule has 1 aliphatic heterocycles. The van der Waals surface area contributed by atoms with Gasteiger partial charge in [0.05, 0.1) is 39.3 Å². The maximum absolute atomic E-state index is 11.2. The Hall–Kier alpha value is -2.74. The number of nitrogens with one attached hydrogen (secondary N) is 1. The van der Waals surface area contributed by atoms with Crippen LogP contribution in [-0.4, -0.2) is 50.7 Å². The molecule has 0 aliphatic carbocycles. The molecule has 1 fully saturated rings. The van der Waals surface area contributed by atoms with Crippen molar-refractivity contribution in [3.05, 3.63) is 53.3 Å². The lowest BCUT2D eigenvalue weighted by Crippen LogP contribution is -3.12. The van der Waals surface area contributed by atoms with Gasteiger partial charge in [-0.3, -0.25) is 0 Å². The van der Waals surface area contributed by atoms with E-state index in [1.165, 1.54) is 4.90 Å². The van der Waals surface area contributed by atoms with E-state index in [4.69, 9.17) is 18.6 Å². The molecule has 0 radical (unpaired) electrons. The molecule has 154 valence electrons. The molecule has 3 aromatic rings. The molecule has 0 bridgehead atoms. The minimum atomic E-state index is -0.999. The van der Waals surface area contributed by atoms with Crippen molar-refractivity contribution in [3.8, 4) is 17.2 Å². The number of quaternary nitrogens is 1. The van der Waals surface area contributed by atoms with Crippen molar-refractivity contribution in [3.63, 3.8) is 0 Å². The number of phenolic OH excluding ortho intramolecular Hbond substituents is 1. The molecule has 7 nitrogen and oxygen atoms in total. The number of aliphatic hydroxyl groups is 1. The maximum atomic E-state index is 11.2. The van der Waals surface area contributed by atoms with Crippen LogP contribution in [0.15, 0.2) is 41.0 Å². The predicted octanol–water partition coefficient (Wildman–Crippen LogP) is 1.65. The summed E-state index contributed by atoms with van der Waals surface area (Å²) in [5, 5.41) is 22.6. The topological polar surface area (TPSA) is 85.7 Å². The van der Waals surface area contributed by atoms with Crippen LogP contribution in [0.5, 0.6) is 17.2 Å². The largest absolute Gasteiger partial charge is 0.507 e. The molecule has 7 heteroatoms. The number of aliphatic hydroxyl groups excluding tert-OH is 1. The summed E-state index contributed by atoms with van der Waals surface area (Å²) in [6.07, 6.45) is 0.549. The van der Waals surface area contributed by atoms with Crippen LogP contribution in [-0.2, 0) is 11.3 Å². The number of benzene rings is 2. The van der Waals surface area contributed by atoms with Gasteiger partial charge in [0.25, 0.3) is 0 Å². The minimum Gasteiger partial charge on any atom is -0.507 e. The second kappa shape index (κ2) is 8.32. The van der Waals surface area contributed by atoms with Crippen LogP contribution < -0.4 is 14.4 Å². The molecule has 1 aromatic heterocycles. The van der Waals surface area contributed by atoms with Crippen molar-refractivity contribution < 1.29 is 33.7 Å². The van der Waals surface area contributed by atoms with E-state index in [0.29, 0.717) is 48.0 Å². The first-order valence-corrected chi connectivity index (χ1v) is 9.65. The number of hydrogen-bond acceptors (Lipinski definition) is 6. The van der Waals surface area contributed by atoms with Crippen LogP contribution in [0.4, 0.5) is 0 Å². The highest BCUT2D eigenvalue weighted by Crippen LogP contribution is 2.39. The molecule has 2 aromatic carbocycles. The number of aromatic hydroxyl groups is 1. The quantitative estimate of drug-likeness (QED) is 0.584. The lowest BCUT2D eigenvalue weighted by atomic mass is 9.96. The fraction of sp³-hybridized carbons (Fsp3) is 0.364. The van der Waals surface area contributed by atoms with Crippen LogP contribution in [0.25, 0.3) is 11.0 Å². The highest BCUT2D eigenvalue weighted by atomic mass is 16.5. The zero-order valence-electron chi connectivity index (χ0n) is 16.6. The molecule has 0 amide bonds. The summed E-state index contributed by atoms with van der Waals surface area (Å²) in [5.41, 5.74) is 2.55. The fourth-order valence-corrected chi connectivity index (χ4v) is 3.90. The smallest absolute Gasteiger partial charge is 0.135 e. The monoisotopic (exact) mass is 400 g/mol. The lowest BCUT2D eigenvalue weighted by molar-refractivity contribution is -0.921. The maximum Gasteiger partial charge on any atom is 0.135 e. The Balaban J connectivity index is 1.79. The zero-order chi connectivity index (χ0) is 20.4. The van der Waals surface area contributed by atoms with Gasteiger partial charge < -0.3 is 33.7 Å². The third-order valence-corrected chi connectivity index (χ3v) is 5.50. The summed E-state index contributed by atoms with van der Waals surface area (Å²) >= 11 is 0. The third-order valence-electron chi connectivity index (χ3n) is 5.50. The Morgan fingerprint density at radius 2 is 1.86 bits per heavy atom. The Bertz CT molecular complexity index is 992. The standard InChI is InChI=1S/C22H25NO6/c1-26-14-3-5-19(27-2)15(11-14)22(25)17-13-29-20-6-4-18(24)16(21(17)20)12-23-7-9-28-10-8-23/h3-6,11,13,22,24-25H,7-10,12H2,1-2H3/p+1/t22-/m1/s1. The molecular formula is C22H26NO6+. The Labute approximate surface area is 169 Å². The van der Waals surface area contributed by atoms with E-state index >= 15 is 0 Å². The van der Waals surface area contributed by atoms with Crippen molar-refractivity contribution in [2.75, 3.05) is 40.5 Å². The number of morpholine rings is 1. The lowest BCUT2D eigenvalue weighted by Gasteiger charge is -2.24. The first-order chi connectivity index (χ1) is 14.1. The number of ether oxygens (including phenoxy) is 3. The number of furan rings is 1. The molecule has 0 spiro atoms. The Kier molecular flexibility index (Phi) is 5.62. The van der Waals surface area contributed by atoms with Crippen molar-refractivity contribution in [1.82, 2.24) is 0 Å². The average molecular weight is 400 g/mol. The van der Waals surface area contributed by atoms with E-state index in [0.717, 1.165) is 24.0 Å². The van der Waals surface area contributed by atoms with Crippen LogP contribution >= 0.6 is 0 Å². The Morgan fingerprint density at radius 1 is 1.07 bits per heavy atom. The summed E-state index contributed by atoms with van der Waals surface area (Å²) in [6.45, 7) is 3.77. The van der Waals surface area contributed by atoms with Crippen LogP contribution in [0, 0.1) is 0 Å². The summed E-state index contributed by atoms with van der Waals surface area (Å²) in [6, 6.07) is 8.65. The van der Waals surface area contributed by atoms with Crippen molar-refractivity contribution in [1.29, 1.82) is 0 Å². The molecule has 0 unspecified atom stereocenters. The average Bonchev–Trinajstić information content (AvgIpc) is 3.20. The van der Waals surface area contributed by atoms with E-state index in [1.54, 1.807) is 50.8 Å². The van der Waals surface area contributed by atoms with E-state index in [-0.39, 0.29) is 5.75 Å². The SMILES string of the molecule is COc1ccc(OC)c([C@@H](O)c2coc3ccc(O)c(C[NH+]4CCOCC4)c23)c1. The van der Waals surface area contributed by atoms with E-state index in [9.17, 15) is 10.2 Å². The summed E-state index contributed by atoms with van der Waals surface area (Å²) < 4.78 is 21.9. The van der Waals surface area contributed by atoms with E-state index in [1.807, 2.05) is 0 Å². The Morgan fingerprint density at radius 3 is 2.59 bits per heavy atom. The van der Waals surface area contributed by atoms with E-state index in [2.05, 4.69) is 0 Å². The van der Waals surface area contributed by atoms with Crippen LogP contribution in [0.3, 0.4) is 0 Å². The van der Waals surface area contributed by atoms with Gasteiger partial charge in [0.1, 0.15) is 48.6 Å². The molecule has 1 atom stereocenters. The number of fused-ring (bicyclic) bond motifs is 1. The molecule has 4 rings (SSSR count).